The Morgan fingerprint density at radius 3 is 2.94 bits per heavy atom. The number of nitrogens with one attached hydrogen (secondary N) is 1. The second-order valence-corrected chi connectivity index (χ2v) is 4.16. The highest BCUT2D eigenvalue weighted by atomic mass is 16.4. The van der Waals surface area contributed by atoms with Crippen molar-refractivity contribution in [1.82, 2.24) is 9.97 Å². The molecule has 2 N–H and O–H groups in total. The standard InChI is InChI=1S/C11H15N3O2/c1-7-12-6-9(11(15)16)10(14-7)13-5-8-3-2-4-8/h6,8H,2-5H2,1H3,(H,15,16)(H,12,13,14). The smallest absolute Gasteiger partial charge is 0.341 e. The SMILES string of the molecule is Cc1ncc(C(=O)O)c(NCC2CCC2)n1. The largest absolute Gasteiger partial charge is 0.477 e. The van der Waals surface area contributed by atoms with E-state index in [1.165, 1.54) is 25.5 Å². The van der Waals surface area contributed by atoms with Gasteiger partial charge in [-0.15, -0.1) is 0 Å². The molecule has 0 spiro atoms. The van der Waals surface area contributed by atoms with E-state index >= 15 is 0 Å². The molecule has 5 nitrogen and oxygen atoms in total. The maximum atomic E-state index is 10.9. The first-order valence-electron chi connectivity index (χ1n) is 5.47. The van der Waals surface area contributed by atoms with Gasteiger partial charge in [0.25, 0.3) is 0 Å². The highest BCUT2D eigenvalue weighted by Crippen LogP contribution is 2.26. The predicted molar refractivity (Wildman–Crippen MR) is 59.6 cm³/mol. The second-order valence-electron chi connectivity index (χ2n) is 4.16. The Bertz CT molecular complexity index is 402. The van der Waals surface area contributed by atoms with E-state index in [-0.39, 0.29) is 5.56 Å². The van der Waals surface area contributed by atoms with Crippen LogP contribution in [-0.2, 0) is 0 Å². The molecule has 1 aromatic heterocycles. The first-order valence-corrected chi connectivity index (χ1v) is 5.47. The Kier molecular flexibility index (Phi) is 3.03. The van der Waals surface area contributed by atoms with Crippen molar-refractivity contribution >= 4 is 11.8 Å². The monoisotopic (exact) mass is 221 g/mol. The molecule has 86 valence electrons. The van der Waals surface area contributed by atoms with E-state index in [0.717, 1.165) is 6.54 Å². The lowest BCUT2D eigenvalue weighted by molar-refractivity contribution is 0.0697. The van der Waals surface area contributed by atoms with E-state index in [0.29, 0.717) is 17.6 Å². The van der Waals surface area contributed by atoms with Gasteiger partial charge in [0, 0.05) is 12.7 Å². The minimum absolute atomic E-state index is 0.143. The highest BCUT2D eigenvalue weighted by Gasteiger charge is 2.19. The van der Waals surface area contributed by atoms with Crippen LogP contribution in [0.2, 0.25) is 0 Å². The Morgan fingerprint density at radius 2 is 2.38 bits per heavy atom. The minimum Gasteiger partial charge on any atom is -0.477 e. The van der Waals surface area contributed by atoms with E-state index in [1.54, 1.807) is 6.92 Å². The van der Waals surface area contributed by atoms with Gasteiger partial charge in [-0.1, -0.05) is 6.42 Å². The van der Waals surface area contributed by atoms with Gasteiger partial charge in [0.2, 0.25) is 0 Å². The van der Waals surface area contributed by atoms with Gasteiger partial charge in [0.15, 0.2) is 0 Å². The zero-order chi connectivity index (χ0) is 11.5. The Labute approximate surface area is 93.9 Å². The van der Waals surface area contributed by atoms with Gasteiger partial charge < -0.3 is 10.4 Å². The molecule has 16 heavy (non-hydrogen) atoms. The number of nitrogens with zero attached hydrogens (tertiary/aromatic N) is 2. The van der Waals surface area contributed by atoms with Crippen LogP contribution in [0, 0.1) is 12.8 Å². The average molecular weight is 221 g/mol. The van der Waals surface area contributed by atoms with Crippen molar-refractivity contribution in [2.24, 2.45) is 5.92 Å². The summed E-state index contributed by atoms with van der Waals surface area (Å²) < 4.78 is 0. The van der Waals surface area contributed by atoms with Crippen LogP contribution in [0.25, 0.3) is 0 Å². The van der Waals surface area contributed by atoms with Gasteiger partial charge in [-0.05, 0) is 25.7 Å². The number of aromatic carboxylic acids is 1. The van der Waals surface area contributed by atoms with E-state index < -0.39 is 5.97 Å². The number of carboxylic acid groups (broad SMARTS) is 1. The van der Waals surface area contributed by atoms with Crippen LogP contribution in [0.3, 0.4) is 0 Å². The number of aromatic nitrogens is 2. The van der Waals surface area contributed by atoms with Crippen LogP contribution >= 0.6 is 0 Å². The third kappa shape index (κ3) is 2.29. The summed E-state index contributed by atoms with van der Waals surface area (Å²) in [6, 6.07) is 0. The molecule has 2 rings (SSSR count). The Hall–Kier alpha value is -1.65. The van der Waals surface area contributed by atoms with E-state index in [9.17, 15) is 4.79 Å². The molecule has 0 aliphatic heterocycles. The van der Waals surface area contributed by atoms with Gasteiger partial charge in [0.05, 0.1) is 0 Å². The molecule has 0 radical (unpaired) electrons. The van der Waals surface area contributed by atoms with E-state index in [4.69, 9.17) is 5.11 Å². The molecule has 1 fully saturated rings. The third-order valence-electron chi connectivity index (χ3n) is 2.92. The van der Waals surface area contributed by atoms with Crippen LogP contribution in [0.15, 0.2) is 6.20 Å². The number of hydrogen-bond acceptors (Lipinski definition) is 4. The summed E-state index contributed by atoms with van der Waals surface area (Å²) in [6.45, 7) is 2.55. The molecule has 0 aromatic carbocycles. The summed E-state index contributed by atoms with van der Waals surface area (Å²) in [7, 11) is 0. The fourth-order valence-electron chi connectivity index (χ4n) is 1.70. The summed E-state index contributed by atoms with van der Waals surface area (Å²) in [5, 5.41) is 12.1. The highest BCUT2D eigenvalue weighted by molar-refractivity contribution is 5.92. The van der Waals surface area contributed by atoms with Crippen molar-refractivity contribution in [1.29, 1.82) is 0 Å². The number of hydrogen-bond donors (Lipinski definition) is 2. The number of aryl methyl sites for hydroxylation is 1. The quantitative estimate of drug-likeness (QED) is 0.809. The topological polar surface area (TPSA) is 75.1 Å². The maximum absolute atomic E-state index is 10.9. The first kappa shape index (κ1) is 10.9. The summed E-state index contributed by atoms with van der Waals surface area (Å²) in [5.41, 5.74) is 0.143. The summed E-state index contributed by atoms with van der Waals surface area (Å²) >= 11 is 0. The van der Waals surface area contributed by atoms with Gasteiger partial charge >= 0.3 is 5.97 Å². The molecule has 1 aliphatic carbocycles. The molecule has 0 unspecified atom stereocenters. The average Bonchev–Trinajstić information content (AvgIpc) is 2.14. The summed E-state index contributed by atoms with van der Waals surface area (Å²) in [6.07, 6.45) is 5.08. The molecule has 0 bridgehead atoms. The molecular weight excluding hydrogens is 206 g/mol. The van der Waals surface area contributed by atoms with Crippen LogP contribution in [0.5, 0.6) is 0 Å². The van der Waals surface area contributed by atoms with Crippen molar-refractivity contribution in [2.75, 3.05) is 11.9 Å². The van der Waals surface area contributed by atoms with Gasteiger partial charge in [-0.25, -0.2) is 14.8 Å². The normalized spacial score (nSPS) is 15.6. The lowest BCUT2D eigenvalue weighted by atomic mass is 9.85. The van der Waals surface area contributed by atoms with Crippen LogP contribution in [-0.4, -0.2) is 27.6 Å². The lowest BCUT2D eigenvalue weighted by Gasteiger charge is -2.25. The zero-order valence-corrected chi connectivity index (χ0v) is 9.23. The Morgan fingerprint density at radius 1 is 1.62 bits per heavy atom. The van der Waals surface area contributed by atoms with Gasteiger partial charge in [0.1, 0.15) is 17.2 Å². The predicted octanol–water partition coefficient (Wildman–Crippen LogP) is 1.70. The fourth-order valence-corrected chi connectivity index (χ4v) is 1.70. The van der Waals surface area contributed by atoms with Crippen molar-refractivity contribution in [3.63, 3.8) is 0 Å². The van der Waals surface area contributed by atoms with Gasteiger partial charge in [-0.2, -0.15) is 0 Å². The van der Waals surface area contributed by atoms with E-state index in [1.807, 2.05) is 0 Å². The molecule has 1 heterocycles. The van der Waals surface area contributed by atoms with Crippen LogP contribution in [0.4, 0.5) is 5.82 Å². The van der Waals surface area contributed by atoms with Crippen molar-refractivity contribution in [3.05, 3.63) is 17.6 Å². The first-order chi connectivity index (χ1) is 7.66. The van der Waals surface area contributed by atoms with Crippen LogP contribution in [0.1, 0.15) is 35.4 Å². The summed E-state index contributed by atoms with van der Waals surface area (Å²) in [4.78, 5) is 19.0. The minimum atomic E-state index is -0.990. The van der Waals surface area contributed by atoms with Crippen molar-refractivity contribution < 1.29 is 9.90 Å². The second kappa shape index (κ2) is 4.47. The molecular formula is C11H15N3O2. The molecule has 1 aliphatic rings. The lowest BCUT2D eigenvalue weighted by Crippen LogP contribution is -2.22. The molecule has 5 heteroatoms. The van der Waals surface area contributed by atoms with Crippen molar-refractivity contribution in [3.8, 4) is 0 Å². The van der Waals surface area contributed by atoms with E-state index in [2.05, 4.69) is 15.3 Å². The molecule has 0 atom stereocenters. The Balaban J connectivity index is 2.09. The van der Waals surface area contributed by atoms with Crippen LogP contribution < -0.4 is 5.32 Å². The van der Waals surface area contributed by atoms with Crippen molar-refractivity contribution in [2.45, 2.75) is 26.2 Å². The van der Waals surface area contributed by atoms with Gasteiger partial charge in [-0.3, -0.25) is 0 Å². The third-order valence-corrected chi connectivity index (χ3v) is 2.92. The molecule has 0 amide bonds. The summed E-state index contributed by atoms with van der Waals surface area (Å²) in [5.74, 6) is 0.695. The number of carboxylic acids is 1. The molecule has 1 aromatic rings. The fraction of sp³-hybridized carbons (Fsp3) is 0.545. The maximum Gasteiger partial charge on any atom is 0.341 e. The number of anilines is 1. The molecule has 0 saturated heterocycles. The molecule has 1 saturated carbocycles. The number of carbonyl (C=O) groups is 1. The number of rotatable bonds is 4. The zero-order valence-electron chi connectivity index (χ0n) is 9.23.